The van der Waals surface area contributed by atoms with Gasteiger partial charge in [-0.25, -0.2) is 4.39 Å². The Bertz CT molecular complexity index is 263. The summed E-state index contributed by atoms with van der Waals surface area (Å²) in [6.45, 7) is 4.84. The van der Waals surface area contributed by atoms with Gasteiger partial charge in [0.15, 0.2) is 0 Å². The Morgan fingerprint density at radius 1 is 1.50 bits per heavy atom. The van der Waals surface area contributed by atoms with Crippen molar-refractivity contribution in [2.75, 3.05) is 6.54 Å². The molecule has 0 aliphatic carbocycles. The van der Waals surface area contributed by atoms with Crippen molar-refractivity contribution in [1.82, 2.24) is 4.72 Å². The summed E-state index contributed by atoms with van der Waals surface area (Å²) < 4.78 is 15.8. The number of benzene rings is 1. The maximum atomic E-state index is 12.6. The first-order valence-corrected chi connectivity index (χ1v) is 4.71. The first-order valence-electron chi connectivity index (χ1n) is 3.90. The van der Waals surface area contributed by atoms with Gasteiger partial charge in [-0.05, 0) is 42.6 Å². The van der Waals surface area contributed by atoms with Gasteiger partial charge in [-0.2, -0.15) is 0 Å². The normalized spacial score (nSPS) is 10.2. The fraction of sp³-hybridized carbons (Fsp3) is 0.333. The standard InChI is InChI=1S/C9H12FNS/c1-3-11-12-9-5-4-8(10)6-7(9)2/h4-6,11H,3H2,1-2H3. The van der Waals surface area contributed by atoms with Gasteiger partial charge in [0.2, 0.25) is 0 Å². The molecular formula is C9H12FNS. The number of hydrogen-bond donors (Lipinski definition) is 1. The predicted octanol–water partition coefficient (Wildman–Crippen LogP) is 2.75. The molecule has 0 saturated carbocycles. The maximum Gasteiger partial charge on any atom is 0.123 e. The second-order valence-corrected chi connectivity index (χ2v) is 3.44. The summed E-state index contributed by atoms with van der Waals surface area (Å²) in [6, 6.07) is 4.81. The van der Waals surface area contributed by atoms with Crippen LogP contribution in [0, 0.1) is 12.7 Å². The topological polar surface area (TPSA) is 12.0 Å². The average molecular weight is 185 g/mol. The Balaban J connectivity index is 2.72. The fourth-order valence-corrected chi connectivity index (χ4v) is 1.53. The van der Waals surface area contributed by atoms with Gasteiger partial charge in [-0.3, -0.25) is 4.72 Å². The van der Waals surface area contributed by atoms with Crippen molar-refractivity contribution < 1.29 is 4.39 Å². The van der Waals surface area contributed by atoms with Crippen LogP contribution in [0.3, 0.4) is 0 Å². The van der Waals surface area contributed by atoms with Gasteiger partial charge in [-0.1, -0.05) is 6.92 Å². The van der Waals surface area contributed by atoms with Crippen LogP contribution in [0.25, 0.3) is 0 Å². The van der Waals surface area contributed by atoms with E-state index in [2.05, 4.69) is 4.72 Å². The molecule has 0 saturated heterocycles. The van der Waals surface area contributed by atoms with Crippen molar-refractivity contribution in [2.24, 2.45) is 0 Å². The van der Waals surface area contributed by atoms with E-state index in [9.17, 15) is 4.39 Å². The van der Waals surface area contributed by atoms with Crippen molar-refractivity contribution in [2.45, 2.75) is 18.7 Å². The second-order valence-electron chi connectivity index (χ2n) is 2.51. The van der Waals surface area contributed by atoms with E-state index < -0.39 is 0 Å². The monoisotopic (exact) mass is 185 g/mol. The zero-order valence-corrected chi connectivity index (χ0v) is 8.04. The van der Waals surface area contributed by atoms with E-state index in [1.807, 2.05) is 13.8 Å². The van der Waals surface area contributed by atoms with Crippen molar-refractivity contribution in [1.29, 1.82) is 0 Å². The lowest BCUT2D eigenvalue weighted by molar-refractivity contribution is 0.625. The van der Waals surface area contributed by atoms with Crippen molar-refractivity contribution in [3.8, 4) is 0 Å². The summed E-state index contributed by atoms with van der Waals surface area (Å²) in [5.41, 5.74) is 0.973. The summed E-state index contributed by atoms with van der Waals surface area (Å²) in [4.78, 5) is 1.08. The number of aryl methyl sites for hydroxylation is 1. The Kier molecular flexibility index (Phi) is 3.56. The molecule has 0 atom stereocenters. The van der Waals surface area contributed by atoms with Crippen molar-refractivity contribution in [3.05, 3.63) is 29.6 Å². The van der Waals surface area contributed by atoms with Crippen LogP contribution in [0.4, 0.5) is 4.39 Å². The number of hydrogen-bond acceptors (Lipinski definition) is 2. The molecule has 0 fully saturated rings. The van der Waals surface area contributed by atoms with Gasteiger partial charge < -0.3 is 0 Å². The van der Waals surface area contributed by atoms with Crippen molar-refractivity contribution >= 4 is 11.9 Å². The Morgan fingerprint density at radius 3 is 2.83 bits per heavy atom. The third-order valence-corrected chi connectivity index (χ3v) is 2.57. The van der Waals surface area contributed by atoms with Gasteiger partial charge >= 0.3 is 0 Å². The van der Waals surface area contributed by atoms with Gasteiger partial charge in [0.05, 0.1) is 0 Å². The number of halogens is 1. The van der Waals surface area contributed by atoms with E-state index in [-0.39, 0.29) is 5.82 Å². The highest BCUT2D eigenvalue weighted by Crippen LogP contribution is 2.19. The van der Waals surface area contributed by atoms with Gasteiger partial charge in [0.25, 0.3) is 0 Å². The fourth-order valence-electron chi connectivity index (χ4n) is 0.877. The first kappa shape index (κ1) is 9.55. The molecule has 0 heterocycles. The summed E-state index contributed by atoms with van der Waals surface area (Å²) in [5, 5.41) is 0. The number of rotatable bonds is 3. The first-order chi connectivity index (χ1) is 5.74. The molecule has 0 aromatic heterocycles. The Labute approximate surface area is 76.5 Å². The van der Waals surface area contributed by atoms with E-state index in [1.165, 1.54) is 18.0 Å². The largest absolute Gasteiger partial charge is 0.260 e. The Morgan fingerprint density at radius 2 is 2.25 bits per heavy atom. The minimum Gasteiger partial charge on any atom is -0.260 e. The zero-order valence-electron chi connectivity index (χ0n) is 7.23. The molecule has 0 bridgehead atoms. The van der Waals surface area contributed by atoms with Crippen LogP contribution in [0.15, 0.2) is 23.1 Å². The lowest BCUT2D eigenvalue weighted by Crippen LogP contribution is -2.00. The van der Waals surface area contributed by atoms with E-state index in [4.69, 9.17) is 0 Å². The highest BCUT2D eigenvalue weighted by molar-refractivity contribution is 7.97. The lowest BCUT2D eigenvalue weighted by Gasteiger charge is -2.04. The maximum absolute atomic E-state index is 12.6. The highest BCUT2D eigenvalue weighted by Gasteiger charge is 1.98. The molecule has 66 valence electrons. The van der Waals surface area contributed by atoms with E-state index in [0.717, 1.165) is 17.0 Å². The third kappa shape index (κ3) is 2.50. The number of nitrogens with one attached hydrogen (secondary N) is 1. The van der Waals surface area contributed by atoms with Gasteiger partial charge in [-0.15, -0.1) is 0 Å². The molecule has 0 aliphatic heterocycles. The van der Waals surface area contributed by atoms with Crippen LogP contribution in [0.5, 0.6) is 0 Å². The van der Waals surface area contributed by atoms with Crippen LogP contribution in [0.1, 0.15) is 12.5 Å². The minimum atomic E-state index is -0.173. The van der Waals surface area contributed by atoms with E-state index in [1.54, 1.807) is 12.1 Å². The Hall–Kier alpha value is -0.540. The van der Waals surface area contributed by atoms with Crippen LogP contribution < -0.4 is 4.72 Å². The zero-order chi connectivity index (χ0) is 8.97. The molecule has 0 radical (unpaired) electrons. The molecule has 1 aromatic carbocycles. The highest BCUT2D eigenvalue weighted by atomic mass is 32.2. The van der Waals surface area contributed by atoms with Gasteiger partial charge in [0.1, 0.15) is 5.82 Å². The molecule has 1 nitrogen and oxygen atoms in total. The third-order valence-electron chi connectivity index (χ3n) is 1.46. The lowest BCUT2D eigenvalue weighted by atomic mass is 10.2. The second kappa shape index (κ2) is 4.48. The molecule has 0 unspecified atom stereocenters. The van der Waals surface area contributed by atoms with Crippen LogP contribution >= 0.6 is 11.9 Å². The van der Waals surface area contributed by atoms with Crippen LogP contribution in [-0.4, -0.2) is 6.54 Å². The molecule has 0 spiro atoms. The molecule has 1 N–H and O–H groups in total. The molecule has 0 amide bonds. The van der Waals surface area contributed by atoms with Crippen molar-refractivity contribution in [3.63, 3.8) is 0 Å². The summed E-state index contributed by atoms with van der Waals surface area (Å²) in [7, 11) is 0. The molecule has 1 rings (SSSR count). The summed E-state index contributed by atoms with van der Waals surface area (Å²) in [5.74, 6) is -0.173. The van der Waals surface area contributed by atoms with E-state index >= 15 is 0 Å². The predicted molar refractivity (Wildman–Crippen MR) is 50.7 cm³/mol. The molecular weight excluding hydrogens is 173 g/mol. The summed E-state index contributed by atoms with van der Waals surface area (Å²) >= 11 is 1.54. The molecule has 0 aliphatic rings. The van der Waals surface area contributed by atoms with Gasteiger partial charge in [0, 0.05) is 11.4 Å². The SMILES string of the molecule is CCNSc1ccc(F)cc1C. The molecule has 12 heavy (non-hydrogen) atoms. The minimum absolute atomic E-state index is 0.173. The average Bonchev–Trinajstić information content (AvgIpc) is 2.03. The van der Waals surface area contributed by atoms with Crippen LogP contribution in [-0.2, 0) is 0 Å². The quantitative estimate of drug-likeness (QED) is 0.727. The van der Waals surface area contributed by atoms with Crippen LogP contribution in [0.2, 0.25) is 0 Å². The van der Waals surface area contributed by atoms with E-state index in [0.29, 0.717) is 0 Å². The summed E-state index contributed by atoms with van der Waals surface area (Å²) in [6.07, 6.45) is 0. The molecule has 3 heteroatoms. The molecule has 1 aromatic rings. The smallest absolute Gasteiger partial charge is 0.123 e.